The van der Waals surface area contributed by atoms with E-state index in [0.717, 1.165) is 11.6 Å². The minimum atomic E-state index is -4.77. The molecule has 41 heavy (non-hydrogen) atoms. The first-order valence-electron chi connectivity index (χ1n) is 11.7. The van der Waals surface area contributed by atoms with Crippen LogP contribution in [0.3, 0.4) is 0 Å². The number of ether oxygens (including phenoxy) is 1. The Morgan fingerprint density at radius 3 is 2.29 bits per heavy atom. The fourth-order valence-corrected chi connectivity index (χ4v) is 5.08. The largest absolute Gasteiger partial charge is 0.435 e. The maximum atomic E-state index is 13.7. The molecule has 5 aromatic rings. The lowest BCUT2D eigenvalue weighted by molar-refractivity contribution is -0.140. The van der Waals surface area contributed by atoms with E-state index in [4.69, 9.17) is 5.73 Å². The third-order valence-corrected chi connectivity index (χ3v) is 7.07. The number of aromatic nitrogens is 3. The molecule has 0 saturated heterocycles. The molecule has 0 aliphatic heterocycles. The number of primary amides is 1. The molecule has 0 fully saturated rings. The number of halogens is 5. The Morgan fingerprint density at radius 2 is 1.68 bits per heavy atom. The average Bonchev–Trinajstić information content (AvgIpc) is 3.54. The summed E-state index contributed by atoms with van der Waals surface area (Å²) in [5, 5.41) is 9.30. The van der Waals surface area contributed by atoms with Crippen molar-refractivity contribution in [3.05, 3.63) is 82.5 Å². The predicted octanol–water partition coefficient (Wildman–Crippen LogP) is 6.63. The summed E-state index contributed by atoms with van der Waals surface area (Å²) in [7, 11) is 0. The summed E-state index contributed by atoms with van der Waals surface area (Å²) in [6, 6.07) is 14.4. The van der Waals surface area contributed by atoms with E-state index in [1.54, 1.807) is 24.3 Å². The number of nitrogens with zero attached hydrogens (tertiary/aromatic N) is 2. The standard InChI is InChI=1S/C27H18F5N5O3S/c1-12-2-4-13(5-3-12)16-10-19(27(30,31)32)34-25-20(16)21(22(41-25)23(33)38)35-24(39)18-11-17(36-37-18)14-6-8-15(9-7-14)40-26(28)29/h2-11,26H,1H3,(H2,33,38)(H,35,39)(H,36,37). The highest BCUT2D eigenvalue weighted by Crippen LogP contribution is 2.43. The number of nitrogens with two attached hydrogens (primary N) is 1. The molecule has 0 bridgehead atoms. The summed E-state index contributed by atoms with van der Waals surface area (Å²) >= 11 is 0.628. The summed E-state index contributed by atoms with van der Waals surface area (Å²) in [5.41, 5.74) is 6.37. The molecule has 2 aromatic carbocycles. The Bertz CT molecular complexity index is 1760. The van der Waals surface area contributed by atoms with Crippen LogP contribution in [-0.4, -0.2) is 33.6 Å². The highest BCUT2D eigenvalue weighted by molar-refractivity contribution is 7.21. The van der Waals surface area contributed by atoms with Crippen molar-refractivity contribution >= 4 is 39.1 Å². The number of hydrogen-bond acceptors (Lipinski definition) is 6. The molecule has 2 amide bonds. The number of aryl methyl sites for hydroxylation is 1. The van der Waals surface area contributed by atoms with Crippen molar-refractivity contribution in [2.45, 2.75) is 19.7 Å². The van der Waals surface area contributed by atoms with Gasteiger partial charge in [-0.2, -0.15) is 27.1 Å². The molecular weight excluding hydrogens is 569 g/mol. The Balaban J connectivity index is 1.56. The molecule has 0 aliphatic rings. The monoisotopic (exact) mass is 587 g/mol. The molecule has 210 valence electrons. The maximum absolute atomic E-state index is 13.7. The number of amides is 2. The minimum Gasteiger partial charge on any atom is -0.435 e. The molecule has 0 aliphatic carbocycles. The number of hydrogen-bond donors (Lipinski definition) is 3. The number of nitrogens with one attached hydrogen (secondary N) is 2. The third kappa shape index (κ3) is 5.72. The van der Waals surface area contributed by atoms with Gasteiger partial charge in [-0.3, -0.25) is 14.7 Å². The Kier molecular flexibility index (Phi) is 7.17. The number of carbonyl (C=O) groups is 2. The summed E-state index contributed by atoms with van der Waals surface area (Å²) in [4.78, 5) is 28.9. The minimum absolute atomic E-state index is 0.0561. The summed E-state index contributed by atoms with van der Waals surface area (Å²) in [6.07, 6.45) is -4.77. The van der Waals surface area contributed by atoms with Crippen LogP contribution in [-0.2, 0) is 6.18 Å². The van der Waals surface area contributed by atoms with Crippen LogP contribution in [0.25, 0.3) is 32.6 Å². The van der Waals surface area contributed by atoms with Crippen LogP contribution in [0.5, 0.6) is 5.75 Å². The van der Waals surface area contributed by atoms with Gasteiger partial charge in [0.25, 0.3) is 11.8 Å². The molecule has 3 aromatic heterocycles. The fraction of sp³-hybridized carbons (Fsp3) is 0.111. The SMILES string of the molecule is Cc1ccc(-c2cc(C(F)(F)F)nc3sc(C(N)=O)c(NC(=O)c4cc(-c5ccc(OC(F)F)cc5)n[nH]4)c23)cc1. The van der Waals surface area contributed by atoms with Gasteiger partial charge in [-0.05, 0) is 54.4 Å². The van der Waals surface area contributed by atoms with E-state index < -0.39 is 30.3 Å². The summed E-state index contributed by atoms with van der Waals surface area (Å²) in [5.74, 6) is -1.80. The van der Waals surface area contributed by atoms with Crippen LogP contribution in [0.1, 0.15) is 31.4 Å². The van der Waals surface area contributed by atoms with Crippen molar-refractivity contribution in [1.29, 1.82) is 0 Å². The highest BCUT2D eigenvalue weighted by Gasteiger charge is 2.35. The summed E-state index contributed by atoms with van der Waals surface area (Å²) < 4.78 is 70.3. The second kappa shape index (κ2) is 10.6. The molecule has 14 heteroatoms. The number of benzene rings is 2. The summed E-state index contributed by atoms with van der Waals surface area (Å²) in [6.45, 7) is -1.17. The topological polar surface area (TPSA) is 123 Å². The van der Waals surface area contributed by atoms with E-state index in [0.29, 0.717) is 28.2 Å². The van der Waals surface area contributed by atoms with Crippen LogP contribution < -0.4 is 15.8 Å². The van der Waals surface area contributed by atoms with Crippen molar-refractivity contribution < 1.29 is 36.3 Å². The highest BCUT2D eigenvalue weighted by atomic mass is 32.1. The lowest BCUT2D eigenvalue weighted by Gasteiger charge is -2.12. The number of alkyl halides is 5. The van der Waals surface area contributed by atoms with Crippen molar-refractivity contribution in [1.82, 2.24) is 15.2 Å². The molecule has 0 spiro atoms. The number of thiophene rings is 1. The van der Waals surface area contributed by atoms with Crippen molar-refractivity contribution in [2.75, 3.05) is 5.32 Å². The molecule has 0 radical (unpaired) electrons. The van der Waals surface area contributed by atoms with Crippen LogP contribution in [0.4, 0.5) is 27.6 Å². The average molecular weight is 588 g/mol. The van der Waals surface area contributed by atoms with Gasteiger partial charge in [0.15, 0.2) is 0 Å². The maximum Gasteiger partial charge on any atom is 0.433 e. The lowest BCUT2D eigenvalue weighted by Crippen LogP contribution is -2.17. The second-order valence-corrected chi connectivity index (χ2v) is 9.79. The molecular formula is C27H18F5N5O3S. The van der Waals surface area contributed by atoms with E-state index in [-0.39, 0.29) is 37.8 Å². The Labute approximate surface area is 232 Å². The van der Waals surface area contributed by atoms with Crippen LogP contribution >= 0.6 is 11.3 Å². The molecule has 4 N–H and O–H groups in total. The number of anilines is 1. The molecule has 0 saturated carbocycles. The van der Waals surface area contributed by atoms with Crippen molar-refractivity contribution in [2.24, 2.45) is 5.73 Å². The molecule has 0 atom stereocenters. The van der Waals surface area contributed by atoms with Gasteiger partial charge in [0, 0.05) is 10.9 Å². The normalized spacial score (nSPS) is 11.7. The first-order chi connectivity index (χ1) is 19.4. The number of H-pyrrole nitrogens is 1. The van der Waals surface area contributed by atoms with Crippen LogP contribution in [0, 0.1) is 6.92 Å². The van der Waals surface area contributed by atoms with Gasteiger partial charge in [-0.1, -0.05) is 29.8 Å². The fourth-order valence-electron chi connectivity index (χ4n) is 4.07. The zero-order chi connectivity index (χ0) is 29.5. The first-order valence-corrected chi connectivity index (χ1v) is 12.6. The van der Waals surface area contributed by atoms with Crippen LogP contribution in [0.2, 0.25) is 0 Å². The van der Waals surface area contributed by atoms with E-state index in [1.165, 1.54) is 30.3 Å². The quantitative estimate of drug-likeness (QED) is 0.184. The van der Waals surface area contributed by atoms with Gasteiger partial charge in [-0.25, -0.2) is 4.98 Å². The molecule has 0 unspecified atom stereocenters. The van der Waals surface area contributed by atoms with E-state index in [2.05, 4.69) is 25.2 Å². The zero-order valence-electron chi connectivity index (χ0n) is 20.8. The Morgan fingerprint density at radius 1 is 1.02 bits per heavy atom. The predicted molar refractivity (Wildman–Crippen MR) is 142 cm³/mol. The number of pyridine rings is 1. The smallest absolute Gasteiger partial charge is 0.433 e. The van der Waals surface area contributed by atoms with Gasteiger partial charge < -0.3 is 15.8 Å². The number of rotatable bonds is 7. The first kappa shape index (κ1) is 27.7. The second-order valence-electron chi connectivity index (χ2n) is 8.79. The van der Waals surface area contributed by atoms with Gasteiger partial charge in [0.2, 0.25) is 0 Å². The third-order valence-electron chi connectivity index (χ3n) is 5.98. The lowest BCUT2D eigenvalue weighted by atomic mass is 10.00. The molecule has 5 rings (SSSR count). The molecule has 8 nitrogen and oxygen atoms in total. The van der Waals surface area contributed by atoms with Crippen LogP contribution in [0.15, 0.2) is 60.7 Å². The van der Waals surface area contributed by atoms with Gasteiger partial charge in [-0.15, -0.1) is 11.3 Å². The van der Waals surface area contributed by atoms with E-state index in [1.807, 2.05) is 6.92 Å². The Hall–Kier alpha value is -4.85. The van der Waals surface area contributed by atoms with Gasteiger partial charge in [0.1, 0.15) is 26.8 Å². The van der Waals surface area contributed by atoms with E-state index >= 15 is 0 Å². The van der Waals surface area contributed by atoms with Crippen molar-refractivity contribution in [3.8, 4) is 28.1 Å². The van der Waals surface area contributed by atoms with E-state index in [9.17, 15) is 31.5 Å². The molecule has 3 heterocycles. The zero-order valence-corrected chi connectivity index (χ0v) is 21.7. The van der Waals surface area contributed by atoms with Crippen molar-refractivity contribution in [3.63, 3.8) is 0 Å². The van der Waals surface area contributed by atoms with Gasteiger partial charge >= 0.3 is 12.8 Å². The number of carbonyl (C=O) groups excluding carboxylic acids is 2. The number of fused-ring (bicyclic) bond motifs is 1. The van der Waals surface area contributed by atoms with Gasteiger partial charge in [0.05, 0.1) is 11.4 Å². The number of aromatic amines is 1.